The molecule has 1 fully saturated rings. The summed E-state index contributed by atoms with van der Waals surface area (Å²) in [6.07, 6.45) is 9.01. The van der Waals surface area contributed by atoms with E-state index in [0.29, 0.717) is 61.9 Å². The van der Waals surface area contributed by atoms with Crippen LogP contribution in [0.2, 0.25) is 0 Å². The van der Waals surface area contributed by atoms with Crippen LogP contribution in [0.1, 0.15) is 101 Å². The Morgan fingerprint density at radius 3 is 1.63 bits per heavy atom. The number of rotatable bonds is 25. The highest BCUT2D eigenvalue weighted by Gasteiger charge is 2.20. The Kier molecular flexibility index (Phi) is 19.8. The monoisotopic (exact) mass is 812 g/mol. The van der Waals surface area contributed by atoms with E-state index in [4.69, 9.17) is 33.2 Å². The maximum absolute atomic E-state index is 12.8. The zero-order valence-corrected chi connectivity index (χ0v) is 34.0. The van der Waals surface area contributed by atoms with Gasteiger partial charge in [0.1, 0.15) is 23.4 Å². The van der Waals surface area contributed by atoms with Crippen molar-refractivity contribution in [1.29, 1.82) is 0 Å². The molecule has 12 heteroatoms. The van der Waals surface area contributed by atoms with E-state index in [9.17, 15) is 24.0 Å². The molecule has 0 radical (unpaired) electrons. The summed E-state index contributed by atoms with van der Waals surface area (Å²) in [5.41, 5.74) is 2.43. The Labute approximate surface area is 346 Å². The van der Waals surface area contributed by atoms with E-state index >= 15 is 0 Å². The molecule has 1 aliphatic rings. The normalized spacial score (nSPS) is 12.4. The van der Waals surface area contributed by atoms with Gasteiger partial charge in [-0.05, 0) is 117 Å². The molecular weight excluding hydrogens is 757 g/mol. The number of esters is 5. The third-order valence-corrected chi connectivity index (χ3v) is 9.28. The SMILES string of the molecule is C=C(CC(=O)OCCC)C(=O)OCCCCCCOc1ccc(OC(=O)c2ccc(-c3ccc(OCCCOC(=O)C(=C)CC(=O)OC4CCCCC4)cc3)cc2)cc1. The van der Waals surface area contributed by atoms with Gasteiger partial charge in [0.15, 0.2) is 0 Å². The van der Waals surface area contributed by atoms with Crippen molar-refractivity contribution in [2.75, 3.05) is 33.0 Å². The molecule has 0 unspecified atom stereocenters. The third kappa shape index (κ3) is 17.2. The zero-order chi connectivity index (χ0) is 42.2. The van der Waals surface area contributed by atoms with Crippen LogP contribution >= 0.6 is 0 Å². The minimum absolute atomic E-state index is 0.0671. The maximum atomic E-state index is 12.8. The van der Waals surface area contributed by atoms with Gasteiger partial charge >= 0.3 is 29.8 Å². The summed E-state index contributed by atoms with van der Waals surface area (Å²) in [7, 11) is 0. The first kappa shape index (κ1) is 45.8. The van der Waals surface area contributed by atoms with Gasteiger partial charge in [-0.1, -0.05) is 50.8 Å². The molecule has 12 nitrogen and oxygen atoms in total. The van der Waals surface area contributed by atoms with Crippen molar-refractivity contribution < 1.29 is 57.1 Å². The second kappa shape index (κ2) is 25.5. The first-order valence-electron chi connectivity index (χ1n) is 20.4. The van der Waals surface area contributed by atoms with Crippen molar-refractivity contribution in [3.8, 4) is 28.4 Å². The molecule has 59 heavy (non-hydrogen) atoms. The fourth-order valence-electron chi connectivity index (χ4n) is 6.01. The van der Waals surface area contributed by atoms with Crippen LogP contribution in [0.4, 0.5) is 0 Å². The number of carbonyl (C=O) groups is 5. The molecule has 3 aromatic carbocycles. The molecule has 4 rings (SSSR count). The molecule has 0 atom stereocenters. The molecule has 1 saturated carbocycles. The minimum Gasteiger partial charge on any atom is -0.494 e. The van der Waals surface area contributed by atoms with E-state index in [1.807, 2.05) is 43.3 Å². The van der Waals surface area contributed by atoms with Gasteiger partial charge in [0.2, 0.25) is 0 Å². The molecule has 3 aromatic rings. The maximum Gasteiger partial charge on any atom is 0.343 e. The highest BCUT2D eigenvalue weighted by atomic mass is 16.6. The summed E-state index contributed by atoms with van der Waals surface area (Å²) < 4.78 is 38.0. The second-order valence-electron chi connectivity index (χ2n) is 14.2. The lowest BCUT2D eigenvalue weighted by Crippen LogP contribution is -2.22. The van der Waals surface area contributed by atoms with E-state index in [1.165, 1.54) is 0 Å². The number of hydrogen-bond donors (Lipinski definition) is 0. The standard InChI is InChI=1S/C47H56O12/c1-4-27-55-43(48)32-34(2)45(50)56-29-11-6-5-10-28-53-40-23-25-42(26-24-40)59-47(52)38-17-15-36(16-18-38)37-19-21-39(22-20-37)54-30-12-31-57-46(51)35(3)33-44(49)58-41-13-8-7-9-14-41/h15-26,41H,2-14,27-33H2,1H3. The molecule has 0 saturated heterocycles. The van der Waals surface area contributed by atoms with Gasteiger partial charge in [-0.15, -0.1) is 0 Å². The molecule has 0 aromatic heterocycles. The fraction of sp³-hybridized carbons (Fsp3) is 0.426. The van der Waals surface area contributed by atoms with Crippen LogP contribution in [-0.4, -0.2) is 69.0 Å². The van der Waals surface area contributed by atoms with Gasteiger partial charge < -0.3 is 33.2 Å². The van der Waals surface area contributed by atoms with Gasteiger partial charge in [-0.2, -0.15) is 0 Å². The zero-order valence-electron chi connectivity index (χ0n) is 34.0. The topological polar surface area (TPSA) is 150 Å². The number of unbranched alkanes of at least 4 members (excludes halogenated alkanes) is 3. The van der Waals surface area contributed by atoms with Crippen LogP contribution in [0.5, 0.6) is 17.2 Å². The van der Waals surface area contributed by atoms with Crippen molar-refractivity contribution in [1.82, 2.24) is 0 Å². The van der Waals surface area contributed by atoms with E-state index in [-0.39, 0.29) is 43.3 Å². The Morgan fingerprint density at radius 2 is 1.03 bits per heavy atom. The lowest BCUT2D eigenvalue weighted by molar-refractivity contribution is -0.151. The Bertz CT molecular complexity index is 1820. The summed E-state index contributed by atoms with van der Waals surface area (Å²) in [5, 5.41) is 0. The molecule has 0 spiro atoms. The Hall–Kier alpha value is -5.91. The molecule has 0 amide bonds. The van der Waals surface area contributed by atoms with E-state index in [0.717, 1.165) is 62.5 Å². The van der Waals surface area contributed by atoms with Crippen LogP contribution in [0.15, 0.2) is 97.1 Å². The van der Waals surface area contributed by atoms with Crippen LogP contribution < -0.4 is 14.2 Å². The van der Waals surface area contributed by atoms with Gasteiger partial charge in [0.05, 0.1) is 51.4 Å². The van der Waals surface area contributed by atoms with Gasteiger partial charge in [-0.3, -0.25) is 9.59 Å². The van der Waals surface area contributed by atoms with Gasteiger partial charge in [0, 0.05) is 17.6 Å². The molecule has 0 heterocycles. The average molecular weight is 813 g/mol. The van der Waals surface area contributed by atoms with Crippen LogP contribution in [0.25, 0.3) is 11.1 Å². The molecule has 0 N–H and O–H groups in total. The molecule has 316 valence electrons. The van der Waals surface area contributed by atoms with E-state index in [2.05, 4.69) is 13.2 Å². The first-order valence-corrected chi connectivity index (χ1v) is 20.4. The van der Waals surface area contributed by atoms with Crippen LogP contribution in [0, 0.1) is 0 Å². The average Bonchev–Trinajstić information content (AvgIpc) is 3.24. The smallest absolute Gasteiger partial charge is 0.343 e. The van der Waals surface area contributed by atoms with Crippen LogP contribution in [-0.2, 0) is 38.1 Å². The quantitative estimate of drug-likeness (QED) is 0.0264. The Balaban J connectivity index is 1.06. The summed E-state index contributed by atoms with van der Waals surface area (Å²) in [5.74, 6) is -0.885. The molecule has 0 bridgehead atoms. The number of carbonyl (C=O) groups excluding carboxylic acids is 5. The molecular formula is C47H56O12. The summed E-state index contributed by atoms with van der Waals surface area (Å²) in [6.45, 7) is 10.7. The van der Waals surface area contributed by atoms with Crippen molar-refractivity contribution in [3.05, 3.63) is 103 Å². The highest BCUT2D eigenvalue weighted by molar-refractivity contribution is 5.94. The van der Waals surface area contributed by atoms with Crippen LogP contribution in [0.3, 0.4) is 0 Å². The lowest BCUT2D eigenvalue weighted by Gasteiger charge is -2.21. The third-order valence-electron chi connectivity index (χ3n) is 9.28. The first-order chi connectivity index (χ1) is 28.6. The van der Waals surface area contributed by atoms with Gasteiger partial charge in [-0.25, -0.2) is 14.4 Å². The molecule has 0 aliphatic heterocycles. The predicted molar refractivity (Wildman–Crippen MR) is 221 cm³/mol. The summed E-state index contributed by atoms with van der Waals surface area (Å²) in [4.78, 5) is 60.7. The summed E-state index contributed by atoms with van der Waals surface area (Å²) in [6, 6.07) is 21.5. The number of hydrogen-bond acceptors (Lipinski definition) is 12. The largest absolute Gasteiger partial charge is 0.494 e. The van der Waals surface area contributed by atoms with E-state index in [1.54, 1.807) is 36.4 Å². The van der Waals surface area contributed by atoms with Gasteiger partial charge in [0.25, 0.3) is 0 Å². The predicted octanol–water partition coefficient (Wildman–Crippen LogP) is 9.09. The minimum atomic E-state index is -0.611. The number of benzene rings is 3. The fourth-order valence-corrected chi connectivity index (χ4v) is 6.01. The Morgan fingerprint density at radius 1 is 0.542 bits per heavy atom. The second-order valence-corrected chi connectivity index (χ2v) is 14.2. The highest BCUT2D eigenvalue weighted by Crippen LogP contribution is 2.25. The molecule has 1 aliphatic carbocycles. The van der Waals surface area contributed by atoms with Crippen molar-refractivity contribution in [3.63, 3.8) is 0 Å². The van der Waals surface area contributed by atoms with Crippen molar-refractivity contribution in [2.24, 2.45) is 0 Å². The van der Waals surface area contributed by atoms with E-state index < -0.39 is 29.8 Å². The van der Waals surface area contributed by atoms with Crippen molar-refractivity contribution >= 4 is 29.8 Å². The number of ether oxygens (including phenoxy) is 7. The summed E-state index contributed by atoms with van der Waals surface area (Å²) >= 11 is 0. The van der Waals surface area contributed by atoms with Crippen molar-refractivity contribution in [2.45, 2.75) is 96.5 Å². The lowest BCUT2D eigenvalue weighted by atomic mass is 9.98.